The predicted molar refractivity (Wildman–Crippen MR) is 92.4 cm³/mol. The van der Waals surface area contributed by atoms with Crippen molar-refractivity contribution >= 4 is 29.7 Å². The zero-order chi connectivity index (χ0) is 16.7. The number of hydrogen-bond donors (Lipinski definition) is 1. The van der Waals surface area contributed by atoms with Crippen LogP contribution in [-0.4, -0.2) is 54.9 Å². The summed E-state index contributed by atoms with van der Waals surface area (Å²) in [5.74, 6) is -0.406. The number of fused-ring (bicyclic) bond motifs is 1. The topological polar surface area (TPSA) is 82.2 Å². The Morgan fingerprint density at radius 3 is 2.50 bits per heavy atom. The minimum absolute atomic E-state index is 0.126. The van der Waals surface area contributed by atoms with Crippen molar-refractivity contribution in [3.8, 4) is 0 Å². The fourth-order valence-electron chi connectivity index (χ4n) is 3.90. The molecular weight excluding hydrogens is 306 g/mol. The van der Waals surface area contributed by atoms with Crippen LogP contribution in [0.3, 0.4) is 0 Å². The molecule has 0 bridgehead atoms. The molecule has 0 saturated carbocycles. The maximum atomic E-state index is 12.7. The molecule has 0 radical (unpaired) electrons. The van der Waals surface area contributed by atoms with Crippen LogP contribution in [0.25, 0.3) is 0 Å². The number of rotatable bonds is 3. The summed E-state index contributed by atoms with van der Waals surface area (Å²) in [6.45, 7) is 2.76. The number of primary amides is 1. The summed E-state index contributed by atoms with van der Waals surface area (Å²) in [5.41, 5.74) is 6.63. The number of carbonyl (C=O) groups is 2. The number of benzene rings is 1. The summed E-state index contributed by atoms with van der Waals surface area (Å²) in [7, 11) is 0. The van der Waals surface area contributed by atoms with Gasteiger partial charge in [-0.3, -0.25) is 14.7 Å². The van der Waals surface area contributed by atoms with Gasteiger partial charge in [0.05, 0.1) is 12.9 Å². The van der Waals surface area contributed by atoms with Gasteiger partial charge in [-0.1, -0.05) is 0 Å². The first-order valence-electron chi connectivity index (χ1n) is 8.37. The fraction of sp³-hybridized carbons (Fsp3) is 0.471. The summed E-state index contributed by atoms with van der Waals surface area (Å²) < 4.78 is 0. The maximum absolute atomic E-state index is 12.7. The third kappa shape index (κ3) is 2.15. The van der Waals surface area contributed by atoms with E-state index in [9.17, 15) is 9.59 Å². The molecule has 24 heavy (non-hydrogen) atoms. The Morgan fingerprint density at radius 2 is 1.88 bits per heavy atom. The van der Waals surface area contributed by atoms with E-state index in [0.717, 1.165) is 37.3 Å². The number of anilines is 2. The number of nitrogens with two attached hydrogens (primary N) is 1. The molecule has 1 atom stereocenters. The lowest BCUT2D eigenvalue weighted by molar-refractivity contribution is -0.125. The molecule has 4 rings (SSSR count). The van der Waals surface area contributed by atoms with Crippen LogP contribution in [0.2, 0.25) is 0 Å². The molecule has 2 N–H and O–H groups in total. The Kier molecular flexibility index (Phi) is 3.44. The average molecular weight is 327 g/mol. The quantitative estimate of drug-likeness (QED) is 0.905. The molecule has 1 aromatic carbocycles. The van der Waals surface area contributed by atoms with Crippen LogP contribution in [-0.2, 0) is 4.79 Å². The van der Waals surface area contributed by atoms with Crippen LogP contribution in [0.15, 0.2) is 29.3 Å². The van der Waals surface area contributed by atoms with E-state index in [1.54, 1.807) is 9.80 Å². The Bertz CT molecular complexity index is 701. The van der Waals surface area contributed by atoms with E-state index in [1.807, 2.05) is 30.6 Å². The average Bonchev–Trinajstić information content (AvgIpc) is 3.16. The van der Waals surface area contributed by atoms with Crippen LogP contribution in [0.5, 0.6) is 0 Å². The van der Waals surface area contributed by atoms with Crippen molar-refractivity contribution < 1.29 is 9.59 Å². The van der Waals surface area contributed by atoms with Crippen LogP contribution in [0.1, 0.15) is 19.3 Å². The largest absolute Gasteiger partial charge is 0.368 e. The lowest BCUT2D eigenvalue weighted by Crippen LogP contribution is -2.52. The van der Waals surface area contributed by atoms with Gasteiger partial charge in [0.15, 0.2) is 0 Å². The Balaban J connectivity index is 1.58. The first-order chi connectivity index (χ1) is 11.6. The molecular formula is C17H21N5O2. The van der Waals surface area contributed by atoms with Crippen molar-refractivity contribution in [2.24, 2.45) is 10.7 Å². The highest BCUT2D eigenvalue weighted by Crippen LogP contribution is 2.38. The minimum atomic E-state index is -0.838. The number of hydrogen-bond acceptors (Lipinski definition) is 4. The molecule has 3 heterocycles. The minimum Gasteiger partial charge on any atom is -0.368 e. The zero-order valence-electron chi connectivity index (χ0n) is 13.5. The molecule has 3 amide bonds. The van der Waals surface area contributed by atoms with Crippen LogP contribution >= 0.6 is 0 Å². The summed E-state index contributed by atoms with van der Waals surface area (Å²) in [5, 5.41) is 0. The molecule has 7 heteroatoms. The molecule has 3 aliphatic heterocycles. The summed E-state index contributed by atoms with van der Waals surface area (Å²) >= 11 is 0. The zero-order valence-corrected chi connectivity index (χ0v) is 13.5. The molecule has 1 aromatic rings. The third-order valence-corrected chi connectivity index (χ3v) is 5.23. The molecule has 0 spiro atoms. The number of urea groups is 1. The van der Waals surface area contributed by atoms with Gasteiger partial charge in [-0.15, -0.1) is 0 Å². The molecule has 0 aliphatic carbocycles. The van der Waals surface area contributed by atoms with Gasteiger partial charge in [-0.05, 0) is 43.5 Å². The molecule has 2 fully saturated rings. The monoisotopic (exact) mass is 327 g/mol. The number of carbonyl (C=O) groups excluding carboxylic acids is 2. The van der Waals surface area contributed by atoms with Gasteiger partial charge in [-0.25, -0.2) is 4.79 Å². The second-order valence-corrected chi connectivity index (χ2v) is 6.60. The standard InChI is InChI=1S/C17H21N5O2/c18-15(23)17-7-1-10-22(17)16(24)21(11-17)14-5-3-13(4-6-14)20-9-2-8-19-12-20/h3-6,12H,1-2,7-11H2,(H2,18,23)/t17-/m1/s1. The van der Waals surface area contributed by atoms with Crippen molar-refractivity contribution in [1.82, 2.24) is 4.90 Å². The van der Waals surface area contributed by atoms with Crippen molar-refractivity contribution in [1.29, 1.82) is 0 Å². The number of aliphatic imine (C=N–C) groups is 1. The molecule has 126 valence electrons. The van der Waals surface area contributed by atoms with Gasteiger partial charge in [-0.2, -0.15) is 0 Å². The Hall–Kier alpha value is -2.57. The number of amides is 3. The highest BCUT2D eigenvalue weighted by atomic mass is 16.2. The van der Waals surface area contributed by atoms with E-state index in [4.69, 9.17) is 5.73 Å². The van der Waals surface area contributed by atoms with Crippen molar-refractivity contribution in [2.75, 3.05) is 36.0 Å². The van der Waals surface area contributed by atoms with E-state index in [2.05, 4.69) is 9.89 Å². The van der Waals surface area contributed by atoms with Crippen molar-refractivity contribution in [3.05, 3.63) is 24.3 Å². The smallest absolute Gasteiger partial charge is 0.325 e. The van der Waals surface area contributed by atoms with Crippen LogP contribution in [0.4, 0.5) is 16.2 Å². The third-order valence-electron chi connectivity index (χ3n) is 5.23. The van der Waals surface area contributed by atoms with Gasteiger partial charge in [0.25, 0.3) is 0 Å². The summed E-state index contributed by atoms with van der Waals surface area (Å²) in [6.07, 6.45) is 4.37. The van der Waals surface area contributed by atoms with E-state index in [0.29, 0.717) is 19.5 Å². The molecule has 7 nitrogen and oxygen atoms in total. The summed E-state index contributed by atoms with van der Waals surface area (Å²) in [6, 6.07) is 7.69. The van der Waals surface area contributed by atoms with E-state index in [1.165, 1.54) is 0 Å². The van der Waals surface area contributed by atoms with Crippen LogP contribution in [0, 0.1) is 0 Å². The van der Waals surface area contributed by atoms with Gasteiger partial charge < -0.3 is 15.5 Å². The normalized spacial score (nSPS) is 26.2. The van der Waals surface area contributed by atoms with E-state index in [-0.39, 0.29) is 6.03 Å². The molecule has 0 unspecified atom stereocenters. The molecule has 2 saturated heterocycles. The Labute approximate surface area is 140 Å². The van der Waals surface area contributed by atoms with Gasteiger partial charge in [0.2, 0.25) is 5.91 Å². The number of nitrogens with zero attached hydrogens (tertiary/aromatic N) is 4. The first-order valence-corrected chi connectivity index (χ1v) is 8.37. The first kappa shape index (κ1) is 15.0. The van der Waals surface area contributed by atoms with Crippen LogP contribution < -0.4 is 15.5 Å². The second-order valence-electron chi connectivity index (χ2n) is 6.60. The summed E-state index contributed by atoms with van der Waals surface area (Å²) in [4.78, 5) is 34.4. The van der Waals surface area contributed by atoms with Gasteiger partial charge in [0.1, 0.15) is 5.54 Å². The lowest BCUT2D eigenvalue weighted by Gasteiger charge is -2.25. The van der Waals surface area contributed by atoms with Crippen molar-refractivity contribution in [2.45, 2.75) is 24.8 Å². The predicted octanol–water partition coefficient (Wildman–Crippen LogP) is 1.18. The molecule has 3 aliphatic rings. The Morgan fingerprint density at radius 1 is 1.12 bits per heavy atom. The van der Waals surface area contributed by atoms with E-state index >= 15 is 0 Å². The van der Waals surface area contributed by atoms with E-state index < -0.39 is 11.4 Å². The highest BCUT2D eigenvalue weighted by Gasteiger charge is 2.56. The fourth-order valence-corrected chi connectivity index (χ4v) is 3.90. The molecule has 0 aromatic heterocycles. The van der Waals surface area contributed by atoms with Gasteiger partial charge in [0, 0.05) is 31.0 Å². The van der Waals surface area contributed by atoms with Crippen molar-refractivity contribution in [3.63, 3.8) is 0 Å². The highest BCUT2D eigenvalue weighted by molar-refractivity contribution is 6.03. The second kappa shape index (κ2) is 5.51. The SMILES string of the molecule is NC(=O)[C@]12CCCN1C(=O)N(c1ccc(N3C=NCCC3)cc1)C2. The lowest BCUT2D eigenvalue weighted by atomic mass is 9.96. The van der Waals surface area contributed by atoms with Gasteiger partial charge >= 0.3 is 6.03 Å². The maximum Gasteiger partial charge on any atom is 0.325 e.